The summed E-state index contributed by atoms with van der Waals surface area (Å²) < 4.78 is 18.4. The van der Waals surface area contributed by atoms with Crippen molar-refractivity contribution in [2.75, 3.05) is 7.11 Å². The monoisotopic (exact) mass is 279 g/mol. The van der Waals surface area contributed by atoms with E-state index < -0.39 is 11.8 Å². The minimum atomic E-state index is -0.696. The van der Waals surface area contributed by atoms with Crippen molar-refractivity contribution in [1.29, 1.82) is 0 Å². The summed E-state index contributed by atoms with van der Waals surface area (Å²) >= 11 is 5.78. The van der Waals surface area contributed by atoms with E-state index in [0.29, 0.717) is 5.56 Å². The number of esters is 1. The number of nitrogens with zero attached hydrogens (tertiary/aromatic N) is 1. The summed E-state index contributed by atoms with van der Waals surface area (Å²) in [5.74, 6) is -1.28. The highest BCUT2D eigenvalue weighted by Crippen LogP contribution is 2.26. The van der Waals surface area contributed by atoms with Crippen LogP contribution >= 0.6 is 11.6 Å². The Kier molecular flexibility index (Phi) is 3.81. The second-order valence-electron chi connectivity index (χ2n) is 4.01. The Labute approximate surface area is 115 Å². The van der Waals surface area contributed by atoms with E-state index in [0.717, 1.165) is 11.6 Å². The topological polar surface area (TPSA) is 39.2 Å². The third-order valence-corrected chi connectivity index (χ3v) is 2.92. The molecule has 0 fully saturated rings. The Hall–Kier alpha value is -1.94. The van der Waals surface area contributed by atoms with Crippen LogP contribution in [0.3, 0.4) is 0 Å². The number of carbonyl (C=O) groups is 1. The first-order valence-corrected chi connectivity index (χ1v) is 5.92. The number of benzene rings is 1. The molecule has 0 saturated carbocycles. The fourth-order valence-corrected chi connectivity index (χ4v) is 1.84. The molecule has 0 radical (unpaired) electrons. The van der Waals surface area contributed by atoms with Gasteiger partial charge in [0.05, 0.1) is 12.1 Å². The van der Waals surface area contributed by atoms with Crippen molar-refractivity contribution in [3.8, 4) is 11.3 Å². The van der Waals surface area contributed by atoms with Crippen molar-refractivity contribution in [1.82, 2.24) is 4.98 Å². The minimum absolute atomic E-state index is 0.0692. The van der Waals surface area contributed by atoms with Gasteiger partial charge in [-0.15, -0.1) is 0 Å². The first kappa shape index (κ1) is 13.5. The Morgan fingerprint density at radius 3 is 2.53 bits per heavy atom. The van der Waals surface area contributed by atoms with Gasteiger partial charge in [-0.25, -0.2) is 14.2 Å². The Balaban J connectivity index is 2.57. The summed E-state index contributed by atoms with van der Waals surface area (Å²) in [5.41, 5.74) is 1.60. The van der Waals surface area contributed by atoms with Crippen LogP contribution in [0, 0.1) is 12.7 Å². The lowest BCUT2D eigenvalue weighted by molar-refractivity contribution is 0.0594. The van der Waals surface area contributed by atoms with Crippen LogP contribution < -0.4 is 0 Å². The van der Waals surface area contributed by atoms with E-state index in [-0.39, 0.29) is 16.4 Å². The van der Waals surface area contributed by atoms with Gasteiger partial charge >= 0.3 is 5.97 Å². The van der Waals surface area contributed by atoms with Gasteiger partial charge in [-0.1, -0.05) is 41.4 Å². The summed E-state index contributed by atoms with van der Waals surface area (Å²) in [6, 6.07) is 8.20. The molecule has 5 heteroatoms. The SMILES string of the molecule is COC(=O)c1nc(-c2ccc(C)cc2)c(F)cc1Cl. The minimum Gasteiger partial charge on any atom is -0.464 e. The van der Waals surface area contributed by atoms with Crippen LogP contribution in [0.15, 0.2) is 30.3 Å². The molecule has 98 valence electrons. The molecule has 19 heavy (non-hydrogen) atoms. The zero-order chi connectivity index (χ0) is 14.0. The van der Waals surface area contributed by atoms with Crippen LogP contribution in [0.5, 0.6) is 0 Å². The molecule has 0 spiro atoms. The van der Waals surface area contributed by atoms with Gasteiger partial charge in [0.25, 0.3) is 0 Å². The first-order chi connectivity index (χ1) is 9.02. The lowest BCUT2D eigenvalue weighted by Gasteiger charge is -2.07. The van der Waals surface area contributed by atoms with Crippen LogP contribution in [0.4, 0.5) is 4.39 Å². The smallest absolute Gasteiger partial charge is 0.358 e. The number of pyridine rings is 1. The number of halogens is 2. The van der Waals surface area contributed by atoms with E-state index >= 15 is 0 Å². The Morgan fingerprint density at radius 2 is 1.95 bits per heavy atom. The number of hydrogen-bond acceptors (Lipinski definition) is 3. The summed E-state index contributed by atoms with van der Waals surface area (Å²) in [7, 11) is 1.22. The van der Waals surface area contributed by atoms with Crippen LogP contribution in [-0.4, -0.2) is 18.1 Å². The molecule has 3 nitrogen and oxygen atoms in total. The molecule has 1 aromatic heterocycles. The van der Waals surface area contributed by atoms with Gasteiger partial charge in [-0.2, -0.15) is 0 Å². The summed E-state index contributed by atoms with van der Waals surface area (Å²) in [6.07, 6.45) is 0. The number of methoxy groups -OCH3 is 1. The van der Waals surface area contributed by atoms with Gasteiger partial charge in [0.2, 0.25) is 0 Å². The molecule has 0 aliphatic carbocycles. The molecule has 2 aromatic rings. The third-order valence-electron chi connectivity index (χ3n) is 2.63. The molecule has 0 aliphatic heterocycles. The van der Waals surface area contributed by atoms with Crippen molar-refractivity contribution >= 4 is 17.6 Å². The van der Waals surface area contributed by atoms with E-state index in [1.165, 1.54) is 7.11 Å². The van der Waals surface area contributed by atoms with Crippen molar-refractivity contribution < 1.29 is 13.9 Å². The summed E-state index contributed by atoms with van der Waals surface area (Å²) in [6.45, 7) is 1.93. The Morgan fingerprint density at radius 1 is 1.32 bits per heavy atom. The lowest BCUT2D eigenvalue weighted by Crippen LogP contribution is -2.07. The molecule has 0 atom stereocenters. The molecular formula is C14H11ClFNO2. The maximum absolute atomic E-state index is 13.9. The number of hydrogen-bond donors (Lipinski definition) is 0. The number of rotatable bonds is 2. The van der Waals surface area contributed by atoms with Crippen molar-refractivity contribution in [3.05, 3.63) is 52.4 Å². The van der Waals surface area contributed by atoms with Gasteiger partial charge in [0.1, 0.15) is 5.69 Å². The van der Waals surface area contributed by atoms with Gasteiger partial charge < -0.3 is 4.74 Å². The summed E-state index contributed by atoms with van der Waals surface area (Å²) in [4.78, 5) is 15.5. The highest BCUT2D eigenvalue weighted by molar-refractivity contribution is 6.33. The van der Waals surface area contributed by atoms with Crippen molar-refractivity contribution in [2.45, 2.75) is 6.92 Å². The van der Waals surface area contributed by atoms with E-state index in [1.807, 2.05) is 19.1 Å². The molecule has 1 aromatic carbocycles. The molecule has 0 amide bonds. The lowest BCUT2D eigenvalue weighted by atomic mass is 10.1. The third kappa shape index (κ3) is 2.74. The molecule has 0 bridgehead atoms. The van der Waals surface area contributed by atoms with Gasteiger partial charge in [0, 0.05) is 5.56 Å². The maximum atomic E-state index is 13.9. The van der Waals surface area contributed by atoms with Gasteiger partial charge in [-0.3, -0.25) is 0 Å². The van der Waals surface area contributed by atoms with E-state index in [4.69, 9.17) is 11.6 Å². The second kappa shape index (κ2) is 5.36. The summed E-state index contributed by atoms with van der Waals surface area (Å²) in [5, 5.41) is -0.0692. The van der Waals surface area contributed by atoms with Crippen LogP contribution in [0.25, 0.3) is 11.3 Å². The highest BCUT2D eigenvalue weighted by Gasteiger charge is 2.18. The standard InChI is InChI=1S/C14H11ClFNO2/c1-8-3-5-9(6-4-8)12-11(16)7-10(15)13(17-12)14(18)19-2/h3-7H,1-2H3. The number of ether oxygens (including phenoxy) is 1. The molecule has 0 saturated heterocycles. The molecule has 1 heterocycles. The number of carbonyl (C=O) groups excluding carboxylic acids is 1. The average molecular weight is 280 g/mol. The zero-order valence-corrected chi connectivity index (χ0v) is 11.2. The Bertz CT molecular complexity index is 626. The van der Waals surface area contributed by atoms with Crippen molar-refractivity contribution in [3.63, 3.8) is 0 Å². The van der Waals surface area contributed by atoms with Crippen LogP contribution in [0.1, 0.15) is 16.1 Å². The number of aryl methyl sites for hydroxylation is 1. The van der Waals surface area contributed by atoms with Gasteiger partial charge in [-0.05, 0) is 13.0 Å². The van der Waals surface area contributed by atoms with Gasteiger partial charge in [0.15, 0.2) is 11.5 Å². The quantitative estimate of drug-likeness (QED) is 0.788. The fourth-order valence-electron chi connectivity index (χ4n) is 1.62. The predicted molar refractivity (Wildman–Crippen MR) is 70.7 cm³/mol. The maximum Gasteiger partial charge on any atom is 0.358 e. The van der Waals surface area contributed by atoms with E-state index in [1.54, 1.807) is 12.1 Å². The number of aromatic nitrogens is 1. The molecule has 0 N–H and O–H groups in total. The normalized spacial score (nSPS) is 10.3. The van der Waals surface area contributed by atoms with E-state index in [2.05, 4.69) is 9.72 Å². The molecule has 2 rings (SSSR count). The van der Waals surface area contributed by atoms with Crippen LogP contribution in [-0.2, 0) is 4.74 Å². The predicted octanol–water partition coefficient (Wildman–Crippen LogP) is 3.64. The zero-order valence-electron chi connectivity index (χ0n) is 10.4. The molecule has 0 unspecified atom stereocenters. The molecule has 0 aliphatic rings. The van der Waals surface area contributed by atoms with E-state index in [9.17, 15) is 9.18 Å². The highest BCUT2D eigenvalue weighted by atomic mass is 35.5. The first-order valence-electron chi connectivity index (χ1n) is 5.54. The van der Waals surface area contributed by atoms with Crippen molar-refractivity contribution in [2.24, 2.45) is 0 Å². The fraction of sp³-hybridized carbons (Fsp3) is 0.143. The second-order valence-corrected chi connectivity index (χ2v) is 4.41. The average Bonchev–Trinajstić information content (AvgIpc) is 2.39. The molecular weight excluding hydrogens is 269 g/mol. The van der Waals surface area contributed by atoms with Crippen LogP contribution in [0.2, 0.25) is 5.02 Å². The largest absolute Gasteiger partial charge is 0.464 e.